The van der Waals surface area contributed by atoms with E-state index in [1.165, 1.54) is 50.5 Å². The number of sulfonamides is 1. The third-order valence-electron chi connectivity index (χ3n) is 3.59. The van der Waals surface area contributed by atoms with Crippen molar-refractivity contribution in [2.45, 2.75) is 4.90 Å². The van der Waals surface area contributed by atoms with E-state index in [0.717, 1.165) is 4.31 Å². The Balaban J connectivity index is 1.92. The van der Waals surface area contributed by atoms with Crippen molar-refractivity contribution in [1.29, 1.82) is 0 Å². The average molecular weight is 496 g/mol. The Morgan fingerprint density at radius 1 is 1.00 bits per heavy atom. The van der Waals surface area contributed by atoms with Gasteiger partial charge in [-0.05, 0) is 36.4 Å². The molecule has 0 aliphatic carbocycles. The van der Waals surface area contributed by atoms with Crippen LogP contribution >= 0.6 is 34.8 Å². The van der Waals surface area contributed by atoms with Crippen LogP contribution in [0.3, 0.4) is 0 Å². The van der Waals surface area contributed by atoms with Crippen LogP contribution in [0.15, 0.2) is 41.3 Å². The number of hydrogen-bond acceptors (Lipinski definition) is 6. The summed E-state index contributed by atoms with van der Waals surface area (Å²) in [6, 6.07) is 8.34. The molecule has 0 aromatic heterocycles. The Labute approximate surface area is 188 Å². The van der Waals surface area contributed by atoms with Crippen LogP contribution in [0.4, 0.5) is 5.69 Å². The van der Waals surface area contributed by atoms with E-state index in [1.807, 2.05) is 0 Å². The second-order valence-electron chi connectivity index (χ2n) is 6.00. The molecule has 2 aromatic rings. The van der Waals surface area contributed by atoms with Crippen LogP contribution in [0.1, 0.15) is 0 Å². The summed E-state index contributed by atoms with van der Waals surface area (Å²) >= 11 is 17.7. The molecule has 0 saturated carbocycles. The minimum Gasteiger partial charge on any atom is -0.480 e. The Bertz CT molecular complexity index is 1060. The molecule has 8 nitrogen and oxygen atoms in total. The van der Waals surface area contributed by atoms with Crippen molar-refractivity contribution < 1.29 is 27.5 Å². The second-order valence-corrected chi connectivity index (χ2v) is 9.40. The van der Waals surface area contributed by atoms with E-state index in [2.05, 4.69) is 5.32 Å². The summed E-state index contributed by atoms with van der Waals surface area (Å²) in [5.41, 5.74) is 0.0600. The summed E-state index contributed by atoms with van der Waals surface area (Å²) in [4.78, 5) is 23.8. The van der Waals surface area contributed by atoms with E-state index in [9.17, 15) is 18.0 Å². The molecule has 162 valence electrons. The lowest BCUT2D eigenvalue weighted by atomic mass is 10.3. The molecule has 0 unspecified atom stereocenters. The normalized spacial score (nSPS) is 11.3. The van der Waals surface area contributed by atoms with Crippen LogP contribution in [0.25, 0.3) is 0 Å². The maximum absolute atomic E-state index is 12.2. The largest absolute Gasteiger partial charge is 0.480 e. The molecule has 30 heavy (non-hydrogen) atoms. The van der Waals surface area contributed by atoms with Gasteiger partial charge < -0.3 is 14.8 Å². The summed E-state index contributed by atoms with van der Waals surface area (Å²) in [6.07, 6.45) is 0. The molecule has 0 aliphatic rings. The number of nitrogens with one attached hydrogen (secondary N) is 1. The Hall–Kier alpha value is -2.04. The van der Waals surface area contributed by atoms with Crippen molar-refractivity contribution in [1.82, 2.24) is 4.31 Å². The highest BCUT2D eigenvalue weighted by Crippen LogP contribution is 2.28. The van der Waals surface area contributed by atoms with Crippen LogP contribution in [0.2, 0.25) is 15.1 Å². The molecule has 1 amide bonds. The quantitative estimate of drug-likeness (QED) is 0.563. The van der Waals surface area contributed by atoms with Gasteiger partial charge in [-0.2, -0.15) is 0 Å². The van der Waals surface area contributed by atoms with Crippen LogP contribution < -0.4 is 10.1 Å². The number of hydrogen-bond donors (Lipinski definition) is 1. The molecule has 0 atom stereocenters. The van der Waals surface area contributed by atoms with Gasteiger partial charge in [-0.15, -0.1) is 0 Å². The summed E-state index contributed by atoms with van der Waals surface area (Å²) in [7, 11) is -0.963. The van der Waals surface area contributed by atoms with E-state index >= 15 is 0 Å². The highest BCUT2D eigenvalue weighted by molar-refractivity contribution is 7.89. The topological polar surface area (TPSA) is 102 Å². The number of halogens is 3. The standard InChI is InChI=1S/C18H17Cl3N2O6S/c1-23(2)30(26,27)12-4-5-13(20)15(8-12)22-17(24)9-29-18(25)10-28-16-6-3-11(19)7-14(16)21/h3-8H,9-10H2,1-2H3,(H,22,24). The molecule has 0 aliphatic heterocycles. The Kier molecular flexibility index (Phi) is 8.34. The zero-order chi connectivity index (χ0) is 22.5. The van der Waals surface area contributed by atoms with Crippen molar-refractivity contribution >= 4 is 62.4 Å². The van der Waals surface area contributed by atoms with Gasteiger partial charge in [-0.3, -0.25) is 4.79 Å². The minimum absolute atomic E-state index is 0.0579. The molecule has 0 spiro atoms. The zero-order valence-electron chi connectivity index (χ0n) is 15.8. The first-order valence-electron chi connectivity index (χ1n) is 8.26. The number of benzene rings is 2. The van der Waals surface area contributed by atoms with E-state index in [4.69, 9.17) is 44.3 Å². The van der Waals surface area contributed by atoms with E-state index < -0.39 is 35.1 Å². The maximum atomic E-state index is 12.2. The van der Waals surface area contributed by atoms with Crippen molar-refractivity contribution in [2.24, 2.45) is 0 Å². The lowest BCUT2D eigenvalue weighted by molar-refractivity contribution is -0.149. The molecule has 0 heterocycles. The fourth-order valence-corrected chi connectivity index (χ4v) is 3.63. The van der Waals surface area contributed by atoms with Gasteiger partial charge in [0.25, 0.3) is 5.91 Å². The summed E-state index contributed by atoms with van der Waals surface area (Å²) in [5, 5.41) is 3.14. The van der Waals surface area contributed by atoms with E-state index in [0.29, 0.717) is 5.02 Å². The molecule has 0 radical (unpaired) electrons. The number of rotatable bonds is 8. The molecular weight excluding hydrogens is 479 g/mol. The number of ether oxygens (including phenoxy) is 2. The van der Waals surface area contributed by atoms with Gasteiger partial charge in [-0.25, -0.2) is 17.5 Å². The Morgan fingerprint density at radius 3 is 2.33 bits per heavy atom. The van der Waals surface area contributed by atoms with Gasteiger partial charge in [-0.1, -0.05) is 34.8 Å². The predicted octanol–water partition coefficient (Wildman–Crippen LogP) is 3.46. The van der Waals surface area contributed by atoms with E-state index in [1.54, 1.807) is 0 Å². The molecule has 12 heteroatoms. The molecule has 0 fully saturated rings. The van der Waals surface area contributed by atoms with Gasteiger partial charge in [0.1, 0.15) is 5.75 Å². The van der Waals surface area contributed by atoms with Crippen LogP contribution in [0, 0.1) is 0 Å². The second kappa shape index (κ2) is 10.3. The van der Waals surface area contributed by atoms with Crippen LogP contribution in [-0.2, 0) is 24.3 Å². The number of amides is 1. The lowest BCUT2D eigenvalue weighted by Gasteiger charge is -2.14. The molecule has 2 aromatic carbocycles. The fourth-order valence-electron chi connectivity index (χ4n) is 2.07. The SMILES string of the molecule is CN(C)S(=O)(=O)c1ccc(Cl)c(NC(=O)COC(=O)COc2ccc(Cl)cc2Cl)c1. The highest BCUT2D eigenvalue weighted by atomic mass is 35.5. The predicted molar refractivity (Wildman–Crippen MR) is 114 cm³/mol. The third-order valence-corrected chi connectivity index (χ3v) is 6.27. The van der Waals surface area contributed by atoms with Gasteiger partial charge >= 0.3 is 5.97 Å². The summed E-state index contributed by atoms with van der Waals surface area (Å²) in [5.74, 6) is -1.30. The summed E-state index contributed by atoms with van der Waals surface area (Å²) in [6.45, 7) is -1.11. The number of carbonyl (C=O) groups is 2. The highest BCUT2D eigenvalue weighted by Gasteiger charge is 2.19. The first-order valence-corrected chi connectivity index (χ1v) is 10.8. The molecule has 1 N–H and O–H groups in total. The minimum atomic E-state index is -3.72. The van der Waals surface area contributed by atoms with Gasteiger partial charge in [0.15, 0.2) is 13.2 Å². The van der Waals surface area contributed by atoms with Crippen molar-refractivity contribution in [3.8, 4) is 5.75 Å². The van der Waals surface area contributed by atoms with E-state index in [-0.39, 0.29) is 26.4 Å². The van der Waals surface area contributed by atoms with Gasteiger partial charge in [0.05, 0.1) is 20.6 Å². The number of esters is 1. The monoisotopic (exact) mass is 494 g/mol. The average Bonchev–Trinajstić information content (AvgIpc) is 2.67. The molecule has 0 saturated heterocycles. The number of carbonyl (C=O) groups excluding carboxylic acids is 2. The maximum Gasteiger partial charge on any atom is 0.344 e. The summed E-state index contributed by atoms with van der Waals surface area (Å²) < 4.78 is 35.5. The lowest BCUT2D eigenvalue weighted by Crippen LogP contribution is -2.24. The Morgan fingerprint density at radius 2 is 1.70 bits per heavy atom. The zero-order valence-corrected chi connectivity index (χ0v) is 18.9. The molecular formula is C18H17Cl3N2O6S. The first kappa shape index (κ1) is 24.2. The molecule has 0 bridgehead atoms. The van der Waals surface area contributed by atoms with Crippen molar-refractivity contribution in [2.75, 3.05) is 32.6 Å². The first-order chi connectivity index (χ1) is 14.0. The van der Waals surface area contributed by atoms with Gasteiger partial charge in [0, 0.05) is 19.1 Å². The van der Waals surface area contributed by atoms with Crippen LogP contribution in [-0.4, -0.2) is 51.9 Å². The van der Waals surface area contributed by atoms with Crippen molar-refractivity contribution in [3.05, 3.63) is 51.5 Å². The van der Waals surface area contributed by atoms with Crippen LogP contribution in [0.5, 0.6) is 5.75 Å². The smallest absolute Gasteiger partial charge is 0.344 e. The molecule has 2 rings (SSSR count). The fraction of sp³-hybridized carbons (Fsp3) is 0.222. The van der Waals surface area contributed by atoms with Crippen molar-refractivity contribution in [3.63, 3.8) is 0 Å². The van der Waals surface area contributed by atoms with Gasteiger partial charge in [0.2, 0.25) is 10.0 Å². The number of anilines is 1. The third kappa shape index (κ3) is 6.48. The number of nitrogens with zero attached hydrogens (tertiary/aromatic N) is 1.